The fraction of sp³-hybridized carbons (Fsp3) is 0.200. The molecule has 2 heterocycles. The van der Waals surface area contributed by atoms with E-state index in [1.165, 1.54) is 11.0 Å². The predicted molar refractivity (Wildman–Crippen MR) is 59.5 cm³/mol. The van der Waals surface area contributed by atoms with Crippen LogP contribution in [-0.4, -0.2) is 26.4 Å². The van der Waals surface area contributed by atoms with Gasteiger partial charge in [-0.3, -0.25) is 0 Å². The highest BCUT2D eigenvalue weighted by Gasteiger charge is 2.07. The van der Waals surface area contributed by atoms with Crippen LogP contribution in [0.1, 0.15) is 12.7 Å². The SMILES string of the molecule is CCOc1nc(-n2cnc(C#N)n2)ccc1N. The standard InChI is InChI=1S/C10H10N6O/c1-2-17-10-7(12)3-4-9(14-10)16-6-13-8(5-11)15-16/h3-4,6H,2,12H2,1H3. The van der Waals surface area contributed by atoms with Crippen molar-refractivity contribution in [3.63, 3.8) is 0 Å². The maximum atomic E-state index is 8.63. The molecule has 0 amide bonds. The Labute approximate surface area is 97.5 Å². The molecule has 2 rings (SSSR count). The number of nitrogens with two attached hydrogens (primary N) is 1. The average Bonchev–Trinajstić information content (AvgIpc) is 2.81. The summed E-state index contributed by atoms with van der Waals surface area (Å²) in [5.41, 5.74) is 6.15. The molecule has 0 unspecified atom stereocenters. The summed E-state index contributed by atoms with van der Waals surface area (Å²) >= 11 is 0. The summed E-state index contributed by atoms with van der Waals surface area (Å²) in [4.78, 5) is 7.97. The second-order valence-corrected chi connectivity index (χ2v) is 3.12. The quantitative estimate of drug-likeness (QED) is 0.824. The van der Waals surface area contributed by atoms with Crippen LogP contribution in [-0.2, 0) is 0 Å². The first-order valence-electron chi connectivity index (χ1n) is 4.96. The molecule has 7 nitrogen and oxygen atoms in total. The van der Waals surface area contributed by atoms with Crippen LogP contribution in [0.15, 0.2) is 18.5 Å². The molecule has 2 aromatic rings. The smallest absolute Gasteiger partial charge is 0.252 e. The lowest BCUT2D eigenvalue weighted by atomic mass is 10.4. The molecule has 0 bridgehead atoms. The number of nitriles is 1. The molecular formula is C10H10N6O. The van der Waals surface area contributed by atoms with Crippen molar-refractivity contribution in [3.8, 4) is 17.8 Å². The first-order chi connectivity index (χ1) is 8.24. The van der Waals surface area contributed by atoms with E-state index >= 15 is 0 Å². The molecule has 0 saturated heterocycles. The number of hydrogen-bond donors (Lipinski definition) is 1. The zero-order chi connectivity index (χ0) is 12.3. The number of aromatic nitrogens is 4. The maximum Gasteiger partial charge on any atom is 0.252 e. The molecule has 2 N–H and O–H groups in total. The van der Waals surface area contributed by atoms with Gasteiger partial charge in [-0.05, 0) is 19.1 Å². The van der Waals surface area contributed by atoms with Crippen molar-refractivity contribution in [2.75, 3.05) is 12.3 Å². The lowest BCUT2D eigenvalue weighted by molar-refractivity contribution is 0.328. The van der Waals surface area contributed by atoms with E-state index in [9.17, 15) is 0 Å². The van der Waals surface area contributed by atoms with Crippen LogP contribution >= 0.6 is 0 Å². The normalized spacial score (nSPS) is 9.88. The van der Waals surface area contributed by atoms with Crippen LogP contribution in [0.5, 0.6) is 5.88 Å². The van der Waals surface area contributed by atoms with Crippen molar-refractivity contribution in [1.82, 2.24) is 19.7 Å². The van der Waals surface area contributed by atoms with Crippen LogP contribution in [0.25, 0.3) is 5.82 Å². The van der Waals surface area contributed by atoms with Crippen LogP contribution in [0.4, 0.5) is 5.69 Å². The molecule has 0 aliphatic carbocycles. The van der Waals surface area contributed by atoms with Crippen molar-refractivity contribution >= 4 is 5.69 Å². The van der Waals surface area contributed by atoms with Gasteiger partial charge in [-0.2, -0.15) is 10.2 Å². The topological polar surface area (TPSA) is 103 Å². The fourth-order valence-corrected chi connectivity index (χ4v) is 1.25. The number of ether oxygens (including phenoxy) is 1. The Morgan fingerprint density at radius 2 is 2.35 bits per heavy atom. The Balaban J connectivity index is 2.39. The van der Waals surface area contributed by atoms with Crippen LogP contribution in [0.2, 0.25) is 0 Å². The minimum atomic E-state index is 0.0848. The van der Waals surface area contributed by atoms with Gasteiger partial charge in [0.25, 0.3) is 5.82 Å². The van der Waals surface area contributed by atoms with E-state index in [4.69, 9.17) is 15.7 Å². The molecule has 0 aromatic carbocycles. The van der Waals surface area contributed by atoms with Gasteiger partial charge in [0.05, 0.1) is 12.3 Å². The average molecular weight is 230 g/mol. The van der Waals surface area contributed by atoms with Crippen LogP contribution in [0.3, 0.4) is 0 Å². The van der Waals surface area contributed by atoms with Gasteiger partial charge in [0, 0.05) is 0 Å². The second-order valence-electron chi connectivity index (χ2n) is 3.12. The Morgan fingerprint density at radius 1 is 1.53 bits per heavy atom. The summed E-state index contributed by atoms with van der Waals surface area (Å²) in [6, 6.07) is 5.18. The molecule has 17 heavy (non-hydrogen) atoms. The summed E-state index contributed by atoms with van der Waals surface area (Å²) in [5, 5.41) is 12.5. The number of nitrogens with zero attached hydrogens (tertiary/aromatic N) is 5. The predicted octanol–water partition coefficient (Wildman–Crippen LogP) is 0.515. The van der Waals surface area contributed by atoms with Gasteiger partial charge in [0.1, 0.15) is 12.4 Å². The summed E-state index contributed by atoms with van der Waals surface area (Å²) in [6.45, 7) is 2.32. The van der Waals surface area contributed by atoms with Gasteiger partial charge in [0.15, 0.2) is 5.82 Å². The molecular weight excluding hydrogens is 220 g/mol. The number of pyridine rings is 1. The molecule has 0 aliphatic rings. The number of hydrogen-bond acceptors (Lipinski definition) is 6. The highest BCUT2D eigenvalue weighted by molar-refractivity contribution is 5.50. The van der Waals surface area contributed by atoms with E-state index in [2.05, 4.69) is 15.1 Å². The molecule has 0 fully saturated rings. The van der Waals surface area contributed by atoms with Crippen LogP contribution in [0, 0.1) is 11.3 Å². The highest BCUT2D eigenvalue weighted by Crippen LogP contribution is 2.19. The Hall–Kier alpha value is -2.62. The van der Waals surface area contributed by atoms with E-state index < -0.39 is 0 Å². The van der Waals surface area contributed by atoms with Crippen molar-refractivity contribution in [2.45, 2.75) is 6.92 Å². The summed E-state index contributed by atoms with van der Waals surface area (Å²) in [5.74, 6) is 0.928. The van der Waals surface area contributed by atoms with Gasteiger partial charge in [-0.25, -0.2) is 9.67 Å². The van der Waals surface area contributed by atoms with E-state index in [0.29, 0.717) is 24.0 Å². The fourth-order valence-electron chi connectivity index (χ4n) is 1.25. The lowest BCUT2D eigenvalue weighted by Gasteiger charge is -2.07. The third kappa shape index (κ3) is 2.15. The van der Waals surface area contributed by atoms with Gasteiger partial charge in [-0.15, -0.1) is 5.10 Å². The van der Waals surface area contributed by atoms with Crippen LogP contribution < -0.4 is 10.5 Å². The third-order valence-corrected chi connectivity index (χ3v) is 1.98. The van der Waals surface area contributed by atoms with E-state index in [-0.39, 0.29) is 5.82 Å². The molecule has 0 saturated carbocycles. The molecule has 0 radical (unpaired) electrons. The monoisotopic (exact) mass is 230 g/mol. The maximum absolute atomic E-state index is 8.63. The summed E-state index contributed by atoms with van der Waals surface area (Å²) < 4.78 is 6.66. The Bertz CT molecular complexity index is 570. The number of nitrogen functional groups attached to an aromatic ring is 1. The highest BCUT2D eigenvalue weighted by atomic mass is 16.5. The summed E-state index contributed by atoms with van der Waals surface area (Å²) in [6.07, 6.45) is 1.41. The lowest BCUT2D eigenvalue weighted by Crippen LogP contribution is -2.04. The van der Waals surface area contributed by atoms with Gasteiger partial charge >= 0.3 is 0 Å². The van der Waals surface area contributed by atoms with Gasteiger partial charge in [0.2, 0.25) is 5.88 Å². The summed E-state index contributed by atoms with van der Waals surface area (Å²) in [7, 11) is 0. The number of rotatable bonds is 3. The van der Waals surface area contributed by atoms with Crippen molar-refractivity contribution in [3.05, 3.63) is 24.3 Å². The minimum Gasteiger partial charge on any atom is -0.476 e. The van der Waals surface area contributed by atoms with Gasteiger partial charge in [-0.1, -0.05) is 0 Å². The first kappa shape index (κ1) is 10.9. The largest absolute Gasteiger partial charge is 0.476 e. The third-order valence-electron chi connectivity index (χ3n) is 1.98. The zero-order valence-corrected chi connectivity index (χ0v) is 9.16. The molecule has 0 spiro atoms. The molecule has 0 atom stereocenters. The van der Waals surface area contributed by atoms with Crippen molar-refractivity contribution in [2.24, 2.45) is 0 Å². The second kappa shape index (κ2) is 4.49. The van der Waals surface area contributed by atoms with E-state index in [1.54, 1.807) is 12.1 Å². The van der Waals surface area contributed by atoms with Crippen molar-refractivity contribution in [1.29, 1.82) is 5.26 Å². The van der Waals surface area contributed by atoms with Gasteiger partial charge < -0.3 is 10.5 Å². The molecule has 86 valence electrons. The zero-order valence-electron chi connectivity index (χ0n) is 9.16. The minimum absolute atomic E-state index is 0.0848. The molecule has 0 aliphatic heterocycles. The number of anilines is 1. The molecule has 2 aromatic heterocycles. The first-order valence-corrected chi connectivity index (χ1v) is 4.96. The van der Waals surface area contributed by atoms with Crippen molar-refractivity contribution < 1.29 is 4.74 Å². The Morgan fingerprint density at radius 3 is 3.00 bits per heavy atom. The van der Waals surface area contributed by atoms with E-state index in [0.717, 1.165) is 0 Å². The Kier molecular flexibility index (Phi) is 2.87. The molecule has 7 heteroatoms. The van der Waals surface area contributed by atoms with E-state index in [1.807, 2.05) is 13.0 Å².